The topological polar surface area (TPSA) is 78.3 Å². The first-order valence-electron chi connectivity index (χ1n) is 4.95. The van der Waals surface area contributed by atoms with Crippen molar-refractivity contribution in [3.05, 3.63) is 28.2 Å². The first kappa shape index (κ1) is 13.0. The van der Waals surface area contributed by atoms with Crippen LogP contribution in [-0.2, 0) is 11.3 Å². The summed E-state index contributed by atoms with van der Waals surface area (Å²) in [6, 6.07) is 5.60. The Hall–Kier alpha value is -1.07. The van der Waals surface area contributed by atoms with Crippen LogP contribution in [0.1, 0.15) is 12.5 Å². The molecule has 4 N–H and O–H groups in total. The molecule has 88 valence electrons. The minimum atomic E-state index is -0.366. The third kappa shape index (κ3) is 3.50. The van der Waals surface area contributed by atoms with E-state index in [0.717, 1.165) is 10.0 Å². The maximum atomic E-state index is 10.8. The molecule has 5 heteroatoms. The van der Waals surface area contributed by atoms with Crippen LogP contribution in [0, 0.1) is 5.92 Å². The molecule has 1 aromatic rings. The molecule has 0 saturated carbocycles. The fraction of sp³-hybridized carbons (Fsp3) is 0.364. The summed E-state index contributed by atoms with van der Waals surface area (Å²) in [5.74, 6) is 0.0149. The Bertz CT molecular complexity index is 382. The van der Waals surface area contributed by atoms with Crippen LogP contribution in [0.25, 0.3) is 0 Å². The van der Waals surface area contributed by atoms with Crippen molar-refractivity contribution in [2.24, 2.45) is 17.4 Å². The second-order valence-electron chi connectivity index (χ2n) is 3.58. The van der Waals surface area contributed by atoms with Gasteiger partial charge in [-0.05, 0) is 33.6 Å². The molecule has 0 aliphatic carbocycles. The van der Waals surface area contributed by atoms with Gasteiger partial charge in [0.15, 0.2) is 0 Å². The molecule has 4 nitrogen and oxygen atoms in total. The van der Waals surface area contributed by atoms with E-state index in [1.165, 1.54) is 0 Å². The Kier molecular flexibility index (Phi) is 4.76. The van der Waals surface area contributed by atoms with Gasteiger partial charge in [-0.25, -0.2) is 0 Å². The molecule has 0 bridgehead atoms. The van der Waals surface area contributed by atoms with Crippen LogP contribution in [0.3, 0.4) is 0 Å². The molecular weight excluding hydrogens is 272 g/mol. The fourth-order valence-corrected chi connectivity index (χ4v) is 1.63. The van der Waals surface area contributed by atoms with Gasteiger partial charge in [-0.15, -0.1) is 0 Å². The van der Waals surface area contributed by atoms with Crippen molar-refractivity contribution in [2.75, 3.05) is 6.61 Å². The van der Waals surface area contributed by atoms with Gasteiger partial charge in [0.05, 0.1) is 17.0 Å². The summed E-state index contributed by atoms with van der Waals surface area (Å²) in [5.41, 5.74) is 11.7. The molecule has 0 fully saturated rings. The Balaban J connectivity index is 2.64. The molecule has 1 aromatic carbocycles. The van der Waals surface area contributed by atoms with Crippen LogP contribution in [0.5, 0.6) is 5.75 Å². The summed E-state index contributed by atoms with van der Waals surface area (Å²) in [6.45, 7) is 2.48. The zero-order chi connectivity index (χ0) is 12.1. The summed E-state index contributed by atoms with van der Waals surface area (Å²) in [4.78, 5) is 10.8. The second-order valence-corrected chi connectivity index (χ2v) is 4.44. The molecule has 0 heterocycles. The van der Waals surface area contributed by atoms with Crippen LogP contribution in [0.2, 0.25) is 0 Å². The third-order valence-electron chi connectivity index (χ3n) is 2.21. The van der Waals surface area contributed by atoms with Gasteiger partial charge in [0.25, 0.3) is 0 Å². The summed E-state index contributed by atoms with van der Waals surface area (Å²) < 4.78 is 6.30. The highest BCUT2D eigenvalue weighted by atomic mass is 79.9. The Morgan fingerprint density at radius 1 is 1.56 bits per heavy atom. The second kappa shape index (κ2) is 5.86. The number of primary amides is 1. The van der Waals surface area contributed by atoms with Crippen molar-refractivity contribution in [3.63, 3.8) is 0 Å². The predicted octanol–water partition coefficient (Wildman–Crippen LogP) is 1.41. The lowest BCUT2D eigenvalue weighted by molar-refractivity contribution is -0.122. The van der Waals surface area contributed by atoms with Gasteiger partial charge in [-0.1, -0.05) is 13.0 Å². The van der Waals surface area contributed by atoms with Crippen molar-refractivity contribution in [2.45, 2.75) is 13.5 Å². The van der Waals surface area contributed by atoms with Crippen LogP contribution in [0.4, 0.5) is 0 Å². The van der Waals surface area contributed by atoms with E-state index >= 15 is 0 Å². The van der Waals surface area contributed by atoms with Gasteiger partial charge in [0.2, 0.25) is 5.91 Å². The van der Waals surface area contributed by atoms with Crippen LogP contribution < -0.4 is 16.2 Å². The molecule has 0 aliphatic heterocycles. The van der Waals surface area contributed by atoms with E-state index in [4.69, 9.17) is 16.2 Å². The normalized spacial score (nSPS) is 12.2. The lowest BCUT2D eigenvalue weighted by Gasteiger charge is -2.12. The minimum Gasteiger partial charge on any atom is -0.492 e. The van der Waals surface area contributed by atoms with Crippen LogP contribution >= 0.6 is 15.9 Å². The smallest absolute Gasteiger partial charge is 0.223 e. The predicted molar refractivity (Wildman–Crippen MR) is 65.9 cm³/mol. The maximum absolute atomic E-state index is 10.8. The van der Waals surface area contributed by atoms with Crippen molar-refractivity contribution in [1.29, 1.82) is 0 Å². The van der Waals surface area contributed by atoms with Crippen LogP contribution in [-0.4, -0.2) is 12.5 Å². The minimum absolute atomic E-state index is 0.274. The number of halogens is 1. The molecule has 0 aliphatic rings. The lowest BCUT2D eigenvalue weighted by atomic mass is 10.2. The molecule has 0 spiro atoms. The average molecular weight is 287 g/mol. The number of nitrogens with two attached hydrogens (primary N) is 2. The third-order valence-corrected chi connectivity index (χ3v) is 2.83. The van der Waals surface area contributed by atoms with E-state index in [0.29, 0.717) is 12.3 Å². The number of rotatable bonds is 5. The quantitative estimate of drug-likeness (QED) is 0.859. The highest BCUT2D eigenvalue weighted by molar-refractivity contribution is 9.10. The highest BCUT2D eigenvalue weighted by Gasteiger charge is 2.10. The van der Waals surface area contributed by atoms with Gasteiger partial charge in [-0.3, -0.25) is 4.79 Å². The molecule has 16 heavy (non-hydrogen) atoms. The molecule has 1 rings (SSSR count). The van der Waals surface area contributed by atoms with Gasteiger partial charge >= 0.3 is 0 Å². The number of amides is 1. The van der Waals surface area contributed by atoms with E-state index in [2.05, 4.69) is 15.9 Å². The first-order chi connectivity index (χ1) is 7.54. The summed E-state index contributed by atoms with van der Waals surface area (Å²) in [7, 11) is 0. The van der Waals surface area contributed by atoms with E-state index in [9.17, 15) is 4.79 Å². The Labute approximate surface area is 103 Å². The average Bonchev–Trinajstić information content (AvgIpc) is 2.26. The summed E-state index contributed by atoms with van der Waals surface area (Å²) in [5, 5.41) is 0. The maximum Gasteiger partial charge on any atom is 0.223 e. The first-order valence-corrected chi connectivity index (χ1v) is 5.74. The van der Waals surface area contributed by atoms with Gasteiger partial charge in [-0.2, -0.15) is 0 Å². The largest absolute Gasteiger partial charge is 0.492 e. The highest BCUT2D eigenvalue weighted by Crippen LogP contribution is 2.26. The van der Waals surface area contributed by atoms with Crippen molar-refractivity contribution < 1.29 is 9.53 Å². The van der Waals surface area contributed by atoms with E-state index in [1.807, 2.05) is 18.2 Å². The zero-order valence-corrected chi connectivity index (χ0v) is 10.7. The molecule has 0 radical (unpaired) electrons. The number of hydrogen-bond acceptors (Lipinski definition) is 3. The number of benzene rings is 1. The van der Waals surface area contributed by atoms with Gasteiger partial charge in [0, 0.05) is 6.54 Å². The number of hydrogen-bond donors (Lipinski definition) is 2. The molecule has 1 amide bonds. The molecule has 1 unspecified atom stereocenters. The Morgan fingerprint density at radius 3 is 2.75 bits per heavy atom. The lowest BCUT2D eigenvalue weighted by Crippen LogP contribution is -2.25. The van der Waals surface area contributed by atoms with E-state index in [1.54, 1.807) is 6.92 Å². The van der Waals surface area contributed by atoms with Crippen molar-refractivity contribution in [3.8, 4) is 5.75 Å². The monoisotopic (exact) mass is 286 g/mol. The molecule has 0 saturated heterocycles. The Morgan fingerprint density at radius 2 is 2.25 bits per heavy atom. The van der Waals surface area contributed by atoms with Crippen molar-refractivity contribution in [1.82, 2.24) is 0 Å². The molecule has 1 atom stereocenters. The van der Waals surface area contributed by atoms with Gasteiger partial charge in [0.1, 0.15) is 5.75 Å². The number of ether oxygens (including phenoxy) is 1. The van der Waals surface area contributed by atoms with E-state index < -0.39 is 0 Å². The summed E-state index contributed by atoms with van der Waals surface area (Å²) in [6.07, 6.45) is 0. The molecule has 0 aromatic heterocycles. The standard InChI is InChI=1S/C11H15BrN2O2/c1-7(11(14)15)6-16-10-3-2-8(5-13)4-9(10)12/h2-4,7H,5-6,13H2,1H3,(H2,14,15). The number of carbonyl (C=O) groups excluding carboxylic acids is 1. The van der Waals surface area contributed by atoms with Crippen LogP contribution in [0.15, 0.2) is 22.7 Å². The molecular formula is C11H15BrN2O2. The summed E-state index contributed by atoms with van der Waals surface area (Å²) >= 11 is 3.38. The fourth-order valence-electron chi connectivity index (χ4n) is 1.09. The van der Waals surface area contributed by atoms with E-state index in [-0.39, 0.29) is 18.4 Å². The zero-order valence-electron chi connectivity index (χ0n) is 9.07. The SMILES string of the molecule is CC(COc1ccc(CN)cc1Br)C(N)=O. The number of carbonyl (C=O) groups is 1. The van der Waals surface area contributed by atoms with Gasteiger partial charge < -0.3 is 16.2 Å². The van der Waals surface area contributed by atoms with Crippen molar-refractivity contribution >= 4 is 21.8 Å².